The van der Waals surface area contributed by atoms with Crippen LogP contribution < -0.4 is 9.60 Å². The summed E-state index contributed by atoms with van der Waals surface area (Å²) in [5.74, 6) is 0. The van der Waals surface area contributed by atoms with Crippen molar-refractivity contribution in [3.63, 3.8) is 0 Å². The fourth-order valence-corrected chi connectivity index (χ4v) is 4.73. The maximum Gasteiger partial charge on any atom is 0.305 e. The van der Waals surface area contributed by atoms with Crippen molar-refractivity contribution >= 4 is 21.4 Å². The van der Waals surface area contributed by atoms with Crippen molar-refractivity contribution < 1.29 is 8.42 Å². The van der Waals surface area contributed by atoms with Gasteiger partial charge in [0.2, 0.25) is 0 Å². The van der Waals surface area contributed by atoms with Crippen molar-refractivity contribution in [2.75, 3.05) is 0 Å². The highest BCUT2D eigenvalue weighted by Crippen LogP contribution is 2.23. The summed E-state index contributed by atoms with van der Waals surface area (Å²) >= 11 is 0.715. The Morgan fingerprint density at radius 3 is 2.48 bits per heavy atom. The van der Waals surface area contributed by atoms with E-state index in [0.29, 0.717) is 23.5 Å². The molecule has 0 radical (unpaired) electrons. The van der Waals surface area contributed by atoms with E-state index in [0.717, 1.165) is 12.0 Å². The van der Waals surface area contributed by atoms with Crippen LogP contribution in [0.1, 0.15) is 37.1 Å². The molecule has 1 unspecified atom stereocenters. The zero-order valence-electron chi connectivity index (χ0n) is 11.9. The lowest BCUT2D eigenvalue weighted by Gasteiger charge is -2.18. The van der Waals surface area contributed by atoms with Crippen molar-refractivity contribution in [3.8, 4) is 0 Å². The van der Waals surface area contributed by atoms with E-state index in [2.05, 4.69) is 9.71 Å². The molecule has 21 heavy (non-hydrogen) atoms. The van der Waals surface area contributed by atoms with Gasteiger partial charge < -0.3 is 4.98 Å². The lowest BCUT2D eigenvalue weighted by molar-refractivity contribution is 0.537. The van der Waals surface area contributed by atoms with Gasteiger partial charge in [0.1, 0.15) is 0 Å². The maximum absolute atomic E-state index is 12.5. The van der Waals surface area contributed by atoms with Crippen LogP contribution in [-0.4, -0.2) is 13.4 Å². The van der Waals surface area contributed by atoms with Crippen LogP contribution in [0.5, 0.6) is 0 Å². The third-order valence-electron chi connectivity index (χ3n) is 3.10. The van der Waals surface area contributed by atoms with Gasteiger partial charge in [0.15, 0.2) is 4.21 Å². The molecule has 1 aromatic carbocycles. The first-order valence-electron chi connectivity index (χ1n) is 6.71. The fraction of sp³-hybridized carbons (Fsp3) is 0.357. The largest absolute Gasteiger partial charge is 0.315 e. The molecule has 1 aromatic heterocycles. The van der Waals surface area contributed by atoms with Gasteiger partial charge in [-0.15, -0.1) is 0 Å². The first kappa shape index (κ1) is 15.9. The highest BCUT2D eigenvalue weighted by Gasteiger charge is 2.24. The van der Waals surface area contributed by atoms with Crippen molar-refractivity contribution in [1.29, 1.82) is 0 Å². The first-order valence-corrected chi connectivity index (χ1v) is 9.01. The Kier molecular flexibility index (Phi) is 4.97. The lowest BCUT2D eigenvalue weighted by atomic mass is 10.0. The highest BCUT2D eigenvalue weighted by molar-refractivity contribution is 7.91. The molecule has 0 fully saturated rings. The predicted octanol–water partition coefficient (Wildman–Crippen LogP) is 2.56. The molecule has 0 aliphatic rings. The SMILES string of the molecule is CCCC(NS(=O)(=O)c1sc(=O)[nH]c1C)c1ccccc1. The van der Waals surface area contributed by atoms with Gasteiger partial charge in [-0.25, -0.2) is 13.1 Å². The smallest absolute Gasteiger partial charge is 0.305 e. The number of hydrogen-bond acceptors (Lipinski definition) is 4. The van der Waals surface area contributed by atoms with Crippen LogP contribution in [0.4, 0.5) is 0 Å². The van der Waals surface area contributed by atoms with Gasteiger partial charge in [0, 0.05) is 11.7 Å². The summed E-state index contributed by atoms with van der Waals surface area (Å²) < 4.78 is 27.7. The molecule has 0 amide bonds. The molecule has 1 atom stereocenters. The van der Waals surface area contributed by atoms with Crippen LogP contribution in [0.2, 0.25) is 0 Å². The second kappa shape index (κ2) is 6.55. The Morgan fingerprint density at radius 1 is 1.29 bits per heavy atom. The van der Waals surface area contributed by atoms with Crippen LogP contribution in [-0.2, 0) is 10.0 Å². The number of thiazole rings is 1. The minimum Gasteiger partial charge on any atom is -0.315 e. The van der Waals surface area contributed by atoms with E-state index in [-0.39, 0.29) is 15.1 Å². The third-order valence-corrected chi connectivity index (χ3v) is 6.18. The number of sulfonamides is 1. The van der Waals surface area contributed by atoms with Gasteiger partial charge in [0.05, 0.1) is 0 Å². The van der Waals surface area contributed by atoms with Gasteiger partial charge >= 0.3 is 4.87 Å². The van der Waals surface area contributed by atoms with Crippen molar-refractivity contribution in [2.45, 2.75) is 36.9 Å². The Labute approximate surface area is 128 Å². The molecule has 2 rings (SSSR count). The van der Waals surface area contributed by atoms with Crippen LogP contribution in [0.3, 0.4) is 0 Å². The van der Waals surface area contributed by atoms with E-state index in [1.54, 1.807) is 6.92 Å². The first-order chi connectivity index (χ1) is 9.94. The lowest BCUT2D eigenvalue weighted by Crippen LogP contribution is -2.28. The summed E-state index contributed by atoms with van der Waals surface area (Å²) in [5.41, 5.74) is 1.30. The molecule has 2 N–H and O–H groups in total. The van der Waals surface area contributed by atoms with Crippen molar-refractivity contribution in [1.82, 2.24) is 9.71 Å². The number of aryl methyl sites for hydroxylation is 1. The van der Waals surface area contributed by atoms with E-state index >= 15 is 0 Å². The zero-order valence-corrected chi connectivity index (χ0v) is 13.6. The topological polar surface area (TPSA) is 79.0 Å². The Bertz CT molecular complexity index is 748. The molecule has 0 saturated heterocycles. The predicted molar refractivity (Wildman–Crippen MR) is 84.1 cm³/mol. The second-order valence-corrected chi connectivity index (χ2v) is 7.69. The number of rotatable bonds is 6. The van der Waals surface area contributed by atoms with Crippen molar-refractivity contribution in [2.24, 2.45) is 0 Å². The van der Waals surface area contributed by atoms with Gasteiger partial charge in [0.25, 0.3) is 10.0 Å². The quantitative estimate of drug-likeness (QED) is 0.856. The van der Waals surface area contributed by atoms with Crippen LogP contribution in [0.15, 0.2) is 39.3 Å². The van der Waals surface area contributed by atoms with Gasteiger partial charge in [-0.05, 0) is 18.9 Å². The summed E-state index contributed by atoms with van der Waals surface area (Å²) in [6.45, 7) is 3.59. The van der Waals surface area contributed by atoms with E-state index in [4.69, 9.17) is 0 Å². The molecule has 0 aliphatic heterocycles. The summed E-state index contributed by atoms with van der Waals surface area (Å²) in [7, 11) is -3.70. The Hall–Kier alpha value is -1.44. The summed E-state index contributed by atoms with van der Waals surface area (Å²) in [4.78, 5) is 13.5. The van der Waals surface area contributed by atoms with E-state index < -0.39 is 10.0 Å². The molecule has 1 heterocycles. The van der Waals surface area contributed by atoms with Gasteiger partial charge in [-0.2, -0.15) is 0 Å². The van der Waals surface area contributed by atoms with E-state index in [9.17, 15) is 13.2 Å². The number of aromatic nitrogens is 1. The maximum atomic E-state index is 12.5. The van der Waals surface area contributed by atoms with E-state index in [1.165, 1.54) is 0 Å². The number of nitrogens with one attached hydrogen (secondary N) is 2. The third kappa shape index (κ3) is 3.81. The average Bonchev–Trinajstić information content (AvgIpc) is 2.79. The minimum absolute atomic E-state index is 0.0598. The summed E-state index contributed by atoms with van der Waals surface area (Å²) in [6.07, 6.45) is 1.55. The molecule has 114 valence electrons. The molecule has 2 aromatic rings. The second-order valence-electron chi connectivity index (χ2n) is 4.80. The molecule has 5 nitrogen and oxygen atoms in total. The summed E-state index contributed by atoms with van der Waals surface area (Å²) in [5, 5.41) is 0. The molecular formula is C14H18N2O3S2. The van der Waals surface area contributed by atoms with Crippen LogP contribution >= 0.6 is 11.3 Å². The number of H-pyrrole nitrogens is 1. The van der Waals surface area contributed by atoms with Gasteiger partial charge in [-0.1, -0.05) is 55.0 Å². The van der Waals surface area contributed by atoms with E-state index in [1.807, 2.05) is 37.3 Å². The normalized spacial score (nSPS) is 13.2. The minimum atomic E-state index is -3.70. The number of benzene rings is 1. The zero-order chi connectivity index (χ0) is 15.5. The molecule has 7 heteroatoms. The van der Waals surface area contributed by atoms with Crippen molar-refractivity contribution in [3.05, 3.63) is 51.3 Å². The summed E-state index contributed by atoms with van der Waals surface area (Å²) in [6, 6.07) is 9.16. The Balaban J connectivity index is 2.32. The van der Waals surface area contributed by atoms with Gasteiger partial charge in [-0.3, -0.25) is 4.79 Å². The Morgan fingerprint density at radius 2 is 1.95 bits per heavy atom. The fourth-order valence-electron chi connectivity index (χ4n) is 2.16. The molecule has 0 aliphatic carbocycles. The molecule has 0 spiro atoms. The highest BCUT2D eigenvalue weighted by atomic mass is 32.2. The molecule has 0 bridgehead atoms. The van der Waals surface area contributed by atoms with Crippen LogP contribution in [0.25, 0.3) is 0 Å². The standard InChI is InChI=1S/C14H18N2O3S2/c1-3-7-12(11-8-5-4-6-9-11)16-21(18,19)13-10(2)15-14(17)20-13/h4-6,8-9,12,16H,3,7H2,1-2H3,(H,15,17). The van der Waals surface area contributed by atoms with Crippen LogP contribution in [0, 0.1) is 6.92 Å². The number of hydrogen-bond donors (Lipinski definition) is 2. The monoisotopic (exact) mass is 326 g/mol. The average molecular weight is 326 g/mol. The molecular weight excluding hydrogens is 308 g/mol. The number of aromatic amines is 1. The molecule has 0 saturated carbocycles.